The first-order valence-corrected chi connectivity index (χ1v) is 7.33. The number of hydrogen-bond donors (Lipinski definition) is 2. The van der Waals surface area contributed by atoms with E-state index in [9.17, 15) is 14.0 Å². The van der Waals surface area contributed by atoms with Gasteiger partial charge in [-0.25, -0.2) is 4.39 Å². The Balaban J connectivity index is 2.64. The molecule has 1 aromatic carbocycles. The highest BCUT2D eigenvalue weighted by Crippen LogP contribution is 2.19. The number of amides is 1. The summed E-state index contributed by atoms with van der Waals surface area (Å²) in [5.74, 6) is -1.82. The minimum atomic E-state index is -0.916. The van der Waals surface area contributed by atoms with E-state index in [0.717, 1.165) is 0 Å². The van der Waals surface area contributed by atoms with E-state index >= 15 is 0 Å². The van der Waals surface area contributed by atoms with Gasteiger partial charge in [0.1, 0.15) is 5.82 Å². The molecule has 0 fully saturated rings. The van der Waals surface area contributed by atoms with Crippen molar-refractivity contribution in [1.82, 2.24) is 4.90 Å². The number of nitrogens with zero attached hydrogens (tertiary/aromatic N) is 1. The van der Waals surface area contributed by atoms with Crippen LogP contribution >= 0.6 is 15.9 Å². The second-order valence-corrected chi connectivity index (χ2v) is 5.60. The van der Waals surface area contributed by atoms with E-state index in [0.29, 0.717) is 11.0 Å². The lowest BCUT2D eigenvalue weighted by molar-refractivity contribution is -0.138. The number of carboxylic acids is 1. The summed E-state index contributed by atoms with van der Waals surface area (Å²) in [5, 5.41) is 11.3. The number of benzene rings is 1. The molecule has 5 nitrogen and oxygen atoms in total. The fourth-order valence-corrected chi connectivity index (χ4v) is 2.26. The number of rotatable bonds is 7. The van der Waals surface area contributed by atoms with Crippen molar-refractivity contribution in [2.45, 2.75) is 26.3 Å². The number of likely N-dealkylation sites (N-methyl/N-ethyl adjacent to an activating group) is 1. The average Bonchev–Trinajstić information content (AvgIpc) is 2.38. The van der Waals surface area contributed by atoms with Gasteiger partial charge in [-0.2, -0.15) is 0 Å². The molecule has 0 aromatic heterocycles. The molecule has 0 saturated heterocycles. The Hall–Kier alpha value is -1.47. The lowest BCUT2D eigenvalue weighted by Gasteiger charge is -2.25. The van der Waals surface area contributed by atoms with E-state index in [1.807, 2.05) is 6.92 Å². The first-order valence-electron chi connectivity index (χ1n) is 6.54. The van der Waals surface area contributed by atoms with E-state index in [1.165, 1.54) is 12.1 Å². The molecule has 0 bridgehead atoms. The second kappa shape index (κ2) is 8.09. The van der Waals surface area contributed by atoms with E-state index in [1.54, 1.807) is 17.9 Å². The summed E-state index contributed by atoms with van der Waals surface area (Å²) in [4.78, 5) is 24.4. The van der Waals surface area contributed by atoms with Gasteiger partial charge < -0.3 is 10.4 Å². The van der Waals surface area contributed by atoms with Crippen molar-refractivity contribution in [2.75, 3.05) is 18.4 Å². The third kappa shape index (κ3) is 5.81. The van der Waals surface area contributed by atoms with Crippen LogP contribution in [0.5, 0.6) is 0 Å². The zero-order chi connectivity index (χ0) is 16.0. The predicted molar refractivity (Wildman–Crippen MR) is 81.7 cm³/mol. The molecule has 2 N–H and O–H groups in total. The number of carboxylic acid groups (broad SMARTS) is 1. The Morgan fingerprint density at radius 2 is 2.14 bits per heavy atom. The molecule has 21 heavy (non-hydrogen) atoms. The smallest absolute Gasteiger partial charge is 0.304 e. The highest BCUT2D eigenvalue weighted by atomic mass is 79.9. The summed E-state index contributed by atoms with van der Waals surface area (Å²) >= 11 is 3.14. The minimum absolute atomic E-state index is 0.0143. The monoisotopic (exact) mass is 360 g/mol. The van der Waals surface area contributed by atoms with Crippen molar-refractivity contribution >= 4 is 33.5 Å². The van der Waals surface area contributed by atoms with Crippen LogP contribution in [-0.2, 0) is 9.59 Å². The number of hydrogen-bond acceptors (Lipinski definition) is 3. The van der Waals surface area contributed by atoms with E-state index in [4.69, 9.17) is 5.11 Å². The Morgan fingerprint density at radius 1 is 1.48 bits per heavy atom. The lowest BCUT2D eigenvalue weighted by Crippen LogP contribution is -2.40. The van der Waals surface area contributed by atoms with Gasteiger partial charge in [0.05, 0.1) is 18.7 Å². The summed E-state index contributed by atoms with van der Waals surface area (Å²) in [6.07, 6.45) is -0.0479. The van der Waals surface area contributed by atoms with Gasteiger partial charge in [-0.05, 0) is 31.7 Å². The molecule has 0 heterocycles. The van der Waals surface area contributed by atoms with Crippen molar-refractivity contribution in [3.63, 3.8) is 0 Å². The van der Waals surface area contributed by atoms with Crippen LogP contribution in [-0.4, -0.2) is 41.0 Å². The number of anilines is 1. The lowest BCUT2D eigenvalue weighted by atomic mass is 10.2. The van der Waals surface area contributed by atoms with Crippen molar-refractivity contribution in [2.24, 2.45) is 0 Å². The highest BCUT2D eigenvalue weighted by molar-refractivity contribution is 9.10. The van der Waals surface area contributed by atoms with Crippen LogP contribution in [0.15, 0.2) is 22.7 Å². The number of aliphatic carboxylic acids is 1. The van der Waals surface area contributed by atoms with Gasteiger partial charge in [0.2, 0.25) is 5.91 Å². The van der Waals surface area contributed by atoms with Crippen molar-refractivity contribution in [3.8, 4) is 0 Å². The topological polar surface area (TPSA) is 69.6 Å². The second-order valence-electron chi connectivity index (χ2n) is 4.68. The van der Waals surface area contributed by atoms with Crippen molar-refractivity contribution in [3.05, 3.63) is 28.5 Å². The Kier molecular flexibility index (Phi) is 6.77. The van der Waals surface area contributed by atoms with Crippen molar-refractivity contribution < 1.29 is 19.1 Å². The van der Waals surface area contributed by atoms with Crippen LogP contribution in [0, 0.1) is 5.82 Å². The summed E-state index contributed by atoms with van der Waals surface area (Å²) in [6.45, 7) is 4.13. The molecular weight excluding hydrogens is 343 g/mol. The first-order chi connectivity index (χ1) is 9.83. The van der Waals surface area contributed by atoms with Crippen LogP contribution < -0.4 is 5.32 Å². The molecule has 1 atom stereocenters. The summed E-state index contributed by atoms with van der Waals surface area (Å²) < 4.78 is 14.2. The molecule has 0 radical (unpaired) electrons. The van der Waals surface area contributed by atoms with Crippen molar-refractivity contribution in [1.29, 1.82) is 0 Å². The fraction of sp³-hybridized carbons (Fsp3) is 0.429. The van der Waals surface area contributed by atoms with Gasteiger partial charge >= 0.3 is 5.97 Å². The molecule has 0 spiro atoms. The molecule has 0 aliphatic carbocycles. The molecule has 0 aliphatic heterocycles. The molecule has 1 rings (SSSR count). The molecule has 1 unspecified atom stereocenters. The van der Waals surface area contributed by atoms with Gasteiger partial charge in [-0.3, -0.25) is 14.5 Å². The van der Waals surface area contributed by atoms with Crippen LogP contribution in [0.2, 0.25) is 0 Å². The summed E-state index contributed by atoms with van der Waals surface area (Å²) in [7, 11) is 0. The quantitative estimate of drug-likeness (QED) is 0.784. The molecule has 1 aromatic rings. The number of halogens is 2. The first kappa shape index (κ1) is 17.6. The Bertz CT molecular complexity index is 525. The normalized spacial score (nSPS) is 12.2. The third-order valence-electron chi connectivity index (χ3n) is 3.05. The van der Waals surface area contributed by atoms with Gasteiger partial charge in [-0.1, -0.05) is 22.9 Å². The molecule has 1 amide bonds. The van der Waals surface area contributed by atoms with Crippen LogP contribution in [0.25, 0.3) is 0 Å². The molecular formula is C14H18BrFN2O3. The van der Waals surface area contributed by atoms with Crippen LogP contribution in [0.1, 0.15) is 20.3 Å². The van der Waals surface area contributed by atoms with Crippen LogP contribution in [0.3, 0.4) is 0 Å². The van der Waals surface area contributed by atoms with Gasteiger partial charge in [-0.15, -0.1) is 0 Å². The van der Waals surface area contributed by atoms with Gasteiger partial charge in [0.15, 0.2) is 0 Å². The third-order valence-corrected chi connectivity index (χ3v) is 3.54. The van der Waals surface area contributed by atoms with E-state index in [2.05, 4.69) is 21.2 Å². The van der Waals surface area contributed by atoms with Gasteiger partial charge in [0.25, 0.3) is 0 Å². The average molecular weight is 361 g/mol. The van der Waals surface area contributed by atoms with Crippen LogP contribution in [0.4, 0.5) is 10.1 Å². The summed E-state index contributed by atoms with van der Waals surface area (Å²) in [6, 6.07) is 4.09. The largest absolute Gasteiger partial charge is 0.481 e. The Morgan fingerprint density at radius 3 is 2.67 bits per heavy atom. The zero-order valence-electron chi connectivity index (χ0n) is 11.9. The minimum Gasteiger partial charge on any atom is -0.481 e. The predicted octanol–water partition coefficient (Wildman–Crippen LogP) is 2.71. The maximum atomic E-state index is 13.6. The van der Waals surface area contributed by atoms with E-state index in [-0.39, 0.29) is 30.6 Å². The SMILES string of the molecule is CCN(CC(=O)Nc1ccc(Br)cc1F)C(C)CC(=O)O. The Labute approximate surface area is 131 Å². The molecule has 7 heteroatoms. The van der Waals surface area contributed by atoms with E-state index < -0.39 is 11.8 Å². The summed E-state index contributed by atoms with van der Waals surface area (Å²) in [5.41, 5.74) is 0.102. The molecule has 116 valence electrons. The fourth-order valence-electron chi connectivity index (χ4n) is 1.93. The number of carbonyl (C=O) groups is 2. The zero-order valence-corrected chi connectivity index (χ0v) is 13.5. The van der Waals surface area contributed by atoms with Gasteiger partial charge in [0, 0.05) is 10.5 Å². The maximum absolute atomic E-state index is 13.6. The highest BCUT2D eigenvalue weighted by Gasteiger charge is 2.18. The maximum Gasteiger partial charge on any atom is 0.304 e. The number of nitrogens with one attached hydrogen (secondary N) is 1. The standard InChI is InChI=1S/C14H18BrFN2O3/c1-3-18(9(2)6-14(20)21)8-13(19)17-12-5-4-10(15)7-11(12)16/h4-5,7,9H,3,6,8H2,1-2H3,(H,17,19)(H,20,21). The molecule has 0 aliphatic rings. The number of carbonyl (C=O) groups excluding carboxylic acids is 1. The molecule has 0 saturated carbocycles.